The summed E-state index contributed by atoms with van der Waals surface area (Å²) in [5, 5.41) is 0. The Morgan fingerprint density at radius 3 is 2.92 bits per heavy atom. The molecule has 4 aliphatic rings. The second kappa shape index (κ2) is 6.38. The Labute approximate surface area is 154 Å². The lowest BCUT2D eigenvalue weighted by atomic mass is 9.76. The maximum Gasteiger partial charge on any atom is 0.241 e. The quantitative estimate of drug-likeness (QED) is 0.816. The second-order valence-corrected chi connectivity index (χ2v) is 8.49. The third-order valence-corrected chi connectivity index (χ3v) is 6.80. The number of carbonyl (C=O) groups excluding carboxylic acids is 2. The van der Waals surface area contributed by atoms with Crippen LogP contribution in [-0.2, 0) is 16.0 Å². The highest BCUT2D eigenvalue weighted by Gasteiger charge is 2.44. The van der Waals surface area contributed by atoms with Crippen molar-refractivity contribution < 1.29 is 9.59 Å². The van der Waals surface area contributed by atoms with Gasteiger partial charge in [0.05, 0.1) is 6.54 Å². The van der Waals surface area contributed by atoms with Crippen LogP contribution in [0.5, 0.6) is 0 Å². The maximum atomic E-state index is 13.0. The summed E-state index contributed by atoms with van der Waals surface area (Å²) in [5.41, 5.74) is 2.38. The van der Waals surface area contributed by atoms with Gasteiger partial charge < -0.3 is 9.80 Å². The van der Waals surface area contributed by atoms with Crippen molar-refractivity contribution in [1.82, 2.24) is 9.80 Å². The van der Waals surface area contributed by atoms with Crippen LogP contribution in [0.1, 0.15) is 31.2 Å². The summed E-state index contributed by atoms with van der Waals surface area (Å²) < 4.78 is 0. The first-order valence-electron chi connectivity index (χ1n) is 10.1. The van der Waals surface area contributed by atoms with Crippen LogP contribution in [0.4, 0.5) is 5.69 Å². The van der Waals surface area contributed by atoms with Crippen LogP contribution >= 0.6 is 0 Å². The molecular weight excluding hydrogens is 326 g/mol. The topological polar surface area (TPSA) is 43.9 Å². The number of benzene rings is 1. The lowest BCUT2D eigenvalue weighted by molar-refractivity contribution is -0.145. The van der Waals surface area contributed by atoms with Gasteiger partial charge in [-0.3, -0.25) is 14.5 Å². The first kappa shape index (κ1) is 16.3. The van der Waals surface area contributed by atoms with E-state index in [1.54, 1.807) is 0 Å². The van der Waals surface area contributed by atoms with Crippen molar-refractivity contribution in [2.45, 2.75) is 38.1 Å². The molecule has 0 spiro atoms. The van der Waals surface area contributed by atoms with E-state index >= 15 is 0 Å². The minimum Gasteiger partial charge on any atom is -0.339 e. The number of hydrogen-bond donors (Lipinski definition) is 0. The van der Waals surface area contributed by atoms with Crippen LogP contribution in [0.15, 0.2) is 24.3 Å². The molecule has 2 bridgehead atoms. The molecule has 5 heteroatoms. The predicted octanol–water partition coefficient (Wildman–Crippen LogP) is 1.91. The highest BCUT2D eigenvalue weighted by Crippen LogP contribution is 2.38. The first-order valence-corrected chi connectivity index (χ1v) is 10.1. The Hall–Kier alpha value is -1.88. The molecule has 5 rings (SSSR count). The summed E-state index contributed by atoms with van der Waals surface area (Å²) in [7, 11) is 0. The molecular formula is C21H27N3O2. The van der Waals surface area contributed by atoms with E-state index in [1.807, 2.05) is 11.0 Å². The van der Waals surface area contributed by atoms with Gasteiger partial charge in [-0.25, -0.2) is 0 Å². The van der Waals surface area contributed by atoms with E-state index in [0.717, 1.165) is 57.5 Å². The SMILES string of the molecule is O=C(CN1C[C@H]2C[C@H](C1)[C@@H]1CCCC(=O)N1C2)N1CCc2ccccc21. The Bertz CT molecular complexity index is 734. The molecule has 0 N–H and O–H groups in total. The molecule has 138 valence electrons. The van der Waals surface area contributed by atoms with Crippen LogP contribution in [0.2, 0.25) is 0 Å². The van der Waals surface area contributed by atoms with E-state index in [4.69, 9.17) is 0 Å². The van der Waals surface area contributed by atoms with E-state index in [2.05, 4.69) is 28.0 Å². The highest BCUT2D eigenvalue weighted by atomic mass is 16.2. The molecule has 0 radical (unpaired) electrons. The fraction of sp³-hybridized carbons (Fsp3) is 0.619. The van der Waals surface area contributed by atoms with Gasteiger partial charge in [0.2, 0.25) is 11.8 Å². The molecule has 1 aromatic carbocycles. The number of nitrogens with zero attached hydrogens (tertiary/aromatic N) is 3. The van der Waals surface area contributed by atoms with Crippen molar-refractivity contribution in [2.75, 3.05) is 37.6 Å². The van der Waals surface area contributed by atoms with E-state index in [9.17, 15) is 9.59 Å². The lowest BCUT2D eigenvalue weighted by Gasteiger charge is -2.52. The largest absolute Gasteiger partial charge is 0.339 e. The molecule has 3 saturated heterocycles. The molecule has 3 atom stereocenters. The molecule has 0 unspecified atom stereocenters. The molecule has 4 aliphatic heterocycles. The van der Waals surface area contributed by atoms with E-state index in [1.165, 1.54) is 12.0 Å². The number of fused-ring (bicyclic) bond motifs is 5. The van der Waals surface area contributed by atoms with Crippen molar-refractivity contribution in [2.24, 2.45) is 11.8 Å². The third kappa shape index (κ3) is 2.73. The molecule has 1 aromatic rings. The summed E-state index contributed by atoms with van der Waals surface area (Å²) in [6.07, 6.45) is 5.10. The monoisotopic (exact) mass is 353 g/mol. The summed E-state index contributed by atoms with van der Waals surface area (Å²) in [6, 6.07) is 8.68. The van der Waals surface area contributed by atoms with E-state index in [-0.39, 0.29) is 5.91 Å². The summed E-state index contributed by atoms with van der Waals surface area (Å²) >= 11 is 0. The van der Waals surface area contributed by atoms with Crippen LogP contribution in [-0.4, -0.2) is 60.4 Å². The maximum absolute atomic E-state index is 13.0. The van der Waals surface area contributed by atoms with Crippen LogP contribution in [0.3, 0.4) is 0 Å². The molecule has 0 aliphatic carbocycles. The fourth-order valence-electron chi connectivity index (χ4n) is 5.72. The normalized spacial score (nSPS) is 30.9. The minimum absolute atomic E-state index is 0.228. The van der Waals surface area contributed by atoms with Crippen LogP contribution in [0, 0.1) is 11.8 Å². The van der Waals surface area contributed by atoms with Gasteiger partial charge >= 0.3 is 0 Å². The zero-order chi connectivity index (χ0) is 17.7. The van der Waals surface area contributed by atoms with Crippen molar-refractivity contribution in [1.29, 1.82) is 0 Å². The Kier molecular flexibility index (Phi) is 4.00. The Balaban J connectivity index is 1.27. The number of para-hydroxylation sites is 1. The van der Waals surface area contributed by atoms with Gasteiger partial charge in [-0.05, 0) is 49.1 Å². The molecule has 0 saturated carbocycles. The summed E-state index contributed by atoms with van der Waals surface area (Å²) in [4.78, 5) is 31.7. The zero-order valence-corrected chi connectivity index (χ0v) is 15.3. The third-order valence-electron chi connectivity index (χ3n) is 6.80. The molecule has 3 fully saturated rings. The predicted molar refractivity (Wildman–Crippen MR) is 99.9 cm³/mol. The number of amides is 2. The van der Waals surface area contributed by atoms with Gasteiger partial charge in [0.15, 0.2) is 0 Å². The van der Waals surface area contributed by atoms with Crippen LogP contribution < -0.4 is 4.90 Å². The van der Waals surface area contributed by atoms with Gasteiger partial charge in [-0.1, -0.05) is 18.2 Å². The second-order valence-electron chi connectivity index (χ2n) is 8.49. The summed E-state index contributed by atoms with van der Waals surface area (Å²) in [6.45, 7) is 4.14. The number of anilines is 1. The minimum atomic E-state index is 0.228. The van der Waals surface area contributed by atoms with Gasteiger partial charge in [-0.2, -0.15) is 0 Å². The molecule has 0 aromatic heterocycles. The fourth-order valence-corrected chi connectivity index (χ4v) is 5.72. The van der Waals surface area contributed by atoms with Crippen molar-refractivity contribution in [3.8, 4) is 0 Å². The average molecular weight is 353 g/mol. The molecule has 2 amide bonds. The molecule has 4 heterocycles. The molecule has 26 heavy (non-hydrogen) atoms. The molecule has 5 nitrogen and oxygen atoms in total. The van der Waals surface area contributed by atoms with E-state index < -0.39 is 0 Å². The number of hydrogen-bond acceptors (Lipinski definition) is 3. The smallest absolute Gasteiger partial charge is 0.241 e. The number of likely N-dealkylation sites (tertiary alicyclic amines) is 1. The highest BCUT2D eigenvalue weighted by molar-refractivity contribution is 5.96. The average Bonchev–Trinajstić information content (AvgIpc) is 3.07. The van der Waals surface area contributed by atoms with Gasteiger partial charge in [-0.15, -0.1) is 0 Å². The number of carbonyl (C=O) groups is 2. The van der Waals surface area contributed by atoms with Crippen LogP contribution in [0.25, 0.3) is 0 Å². The van der Waals surface area contributed by atoms with E-state index in [0.29, 0.717) is 30.3 Å². The van der Waals surface area contributed by atoms with Gasteiger partial charge in [0.1, 0.15) is 0 Å². The van der Waals surface area contributed by atoms with Crippen molar-refractivity contribution >= 4 is 17.5 Å². The summed E-state index contributed by atoms with van der Waals surface area (Å²) in [5.74, 6) is 1.66. The van der Waals surface area contributed by atoms with Crippen molar-refractivity contribution in [3.05, 3.63) is 29.8 Å². The number of rotatable bonds is 2. The van der Waals surface area contributed by atoms with Gasteiger partial charge in [0.25, 0.3) is 0 Å². The van der Waals surface area contributed by atoms with Crippen molar-refractivity contribution in [3.63, 3.8) is 0 Å². The first-order chi connectivity index (χ1) is 12.7. The lowest BCUT2D eigenvalue weighted by Crippen LogP contribution is -2.61. The Morgan fingerprint density at radius 1 is 1.12 bits per heavy atom. The number of piperidine rings is 3. The zero-order valence-electron chi connectivity index (χ0n) is 15.3. The Morgan fingerprint density at radius 2 is 2.00 bits per heavy atom. The van der Waals surface area contributed by atoms with Gasteiger partial charge in [0, 0.05) is 44.3 Å². The standard InChI is InChI=1S/C21H27N3O2/c25-20-7-3-6-19-17-10-15(12-24(19)20)11-22(13-17)14-21(26)23-9-8-16-4-1-2-5-18(16)23/h1-2,4-5,15,17,19H,3,6-14H2/t15-,17-,19+/m1/s1.